The van der Waals surface area contributed by atoms with Crippen molar-refractivity contribution in [1.29, 1.82) is 5.26 Å². The maximum Gasteiger partial charge on any atom is 0.266 e. The van der Waals surface area contributed by atoms with Crippen LogP contribution in [-0.2, 0) is 11.4 Å². The van der Waals surface area contributed by atoms with Crippen molar-refractivity contribution in [3.8, 4) is 17.6 Å². The topological polar surface area (TPSA) is 71.3 Å². The number of carbonyl (C=O) groups is 1. The summed E-state index contributed by atoms with van der Waals surface area (Å²) in [7, 11) is 1.58. The molecule has 0 aliphatic rings. The molecule has 3 aromatic rings. The van der Waals surface area contributed by atoms with Gasteiger partial charge < -0.3 is 14.8 Å². The SMILES string of the molecule is COc1ccc(/C=C(\C#N)C(=O)Nc2ccc(C)cc2C)c(OCc2ccc(C)cc2)c1. The summed E-state index contributed by atoms with van der Waals surface area (Å²) >= 11 is 0. The van der Waals surface area contributed by atoms with Gasteiger partial charge in [-0.05, 0) is 56.2 Å². The highest BCUT2D eigenvalue weighted by atomic mass is 16.5. The van der Waals surface area contributed by atoms with E-state index in [0.717, 1.165) is 16.7 Å². The summed E-state index contributed by atoms with van der Waals surface area (Å²) in [6.45, 7) is 6.28. The van der Waals surface area contributed by atoms with Crippen LogP contribution in [0.2, 0.25) is 0 Å². The summed E-state index contributed by atoms with van der Waals surface area (Å²) in [5.41, 5.74) is 5.49. The molecule has 0 fully saturated rings. The predicted molar refractivity (Wildman–Crippen MR) is 127 cm³/mol. The molecule has 162 valence electrons. The van der Waals surface area contributed by atoms with Crippen molar-refractivity contribution in [2.75, 3.05) is 12.4 Å². The smallest absolute Gasteiger partial charge is 0.266 e. The van der Waals surface area contributed by atoms with Gasteiger partial charge in [0.05, 0.1) is 7.11 Å². The first-order valence-electron chi connectivity index (χ1n) is 10.3. The van der Waals surface area contributed by atoms with Crippen molar-refractivity contribution in [3.63, 3.8) is 0 Å². The third kappa shape index (κ3) is 5.77. The average molecular weight is 427 g/mol. The zero-order valence-electron chi connectivity index (χ0n) is 18.7. The Morgan fingerprint density at radius 1 is 1.00 bits per heavy atom. The first-order chi connectivity index (χ1) is 15.4. The van der Waals surface area contributed by atoms with Crippen molar-refractivity contribution >= 4 is 17.7 Å². The number of benzene rings is 3. The molecule has 0 saturated heterocycles. The molecular formula is C27H26N2O3. The Morgan fingerprint density at radius 3 is 2.38 bits per heavy atom. The van der Waals surface area contributed by atoms with Gasteiger partial charge in [0.1, 0.15) is 29.7 Å². The molecule has 5 nitrogen and oxygen atoms in total. The molecular weight excluding hydrogens is 400 g/mol. The van der Waals surface area contributed by atoms with Gasteiger partial charge in [0.25, 0.3) is 5.91 Å². The number of nitrogens with zero attached hydrogens (tertiary/aromatic N) is 1. The van der Waals surface area contributed by atoms with Crippen LogP contribution in [0.15, 0.2) is 66.2 Å². The van der Waals surface area contributed by atoms with Crippen LogP contribution in [0.5, 0.6) is 11.5 Å². The number of carbonyl (C=O) groups excluding carboxylic acids is 1. The van der Waals surface area contributed by atoms with Crippen LogP contribution in [0, 0.1) is 32.1 Å². The number of nitrogens with one attached hydrogen (secondary N) is 1. The predicted octanol–water partition coefficient (Wildman–Crippen LogP) is 5.75. The normalized spacial score (nSPS) is 10.9. The lowest BCUT2D eigenvalue weighted by molar-refractivity contribution is -0.112. The molecule has 1 amide bonds. The Balaban J connectivity index is 1.86. The summed E-state index contributed by atoms with van der Waals surface area (Å²) in [4.78, 5) is 12.8. The minimum atomic E-state index is -0.472. The van der Waals surface area contributed by atoms with E-state index in [1.54, 1.807) is 25.3 Å². The molecule has 0 saturated carbocycles. The Hall–Kier alpha value is -4.04. The van der Waals surface area contributed by atoms with Crippen LogP contribution >= 0.6 is 0 Å². The highest BCUT2D eigenvalue weighted by Gasteiger charge is 2.13. The summed E-state index contributed by atoms with van der Waals surface area (Å²) in [5, 5.41) is 12.4. The summed E-state index contributed by atoms with van der Waals surface area (Å²) in [6, 6.07) is 21.1. The number of hydrogen-bond donors (Lipinski definition) is 1. The lowest BCUT2D eigenvalue weighted by atomic mass is 10.1. The van der Waals surface area contributed by atoms with Gasteiger partial charge in [-0.25, -0.2) is 0 Å². The summed E-state index contributed by atoms with van der Waals surface area (Å²) in [5.74, 6) is 0.677. The number of rotatable bonds is 7. The number of ether oxygens (including phenoxy) is 2. The largest absolute Gasteiger partial charge is 0.497 e. The number of anilines is 1. The Morgan fingerprint density at radius 2 is 1.72 bits per heavy atom. The quantitative estimate of drug-likeness (QED) is 0.386. The van der Waals surface area contributed by atoms with E-state index in [1.807, 2.05) is 69.3 Å². The highest BCUT2D eigenvalue weighted by molar-refractivity contribution is 6.10. The second-order valence-corrected chi connectivity index (χ2v) is 7.62. The first-order valence-corrected chi connectivity index (χ1v) is 10.3. The second-order valence-electron chi connectivity index (χ2n) is 7.62. The summed E-state index contributed by atoms with van der Waals surface area (Å²) < 4.78 is 11.3. The van der Waals surface area contributed by atoms with E-state index < -0.39 is 5.91 Å². The second kappa shape index (κ2) is 10.3. The highest BCUT2D eigenvalue weighted by Crippen LogP contribution is 2.28. The fourth-order valence-corrected chi connectivity index (χ4v) is 3.18. The van der Waals surface area contributed by atoms with E-state index in [1.165, 1.54) is 11.6 Å². The Labute approximate surface area is 188 Å². The zero-order valence-corrected chi connectivity index (χ0v) is 18.7. The van der Waals surface area contributed by atoms with Crippen molar-refractivity contribution in [1.82, 2.24) is 0 Å². The van der Waals surface area contributed by atoms with Crippen LogP contribution in [-0.4, -0.2) is 13.0 Å². The van der Waals surface area contributed by atoms with Gasteiger partial charge in [-0.3, -0.25) is 4.79 Å². The van der Waals surface area contributed by atoms with E-state index in [-0.39, 0.29) is 5.57 Å². The van der Waals surface area contributed by atoms with E-state index in [0.29, 0.717) is 29.4 Å². The van der Waals surface area contributed by atoms with Gasteiger partial charge in [-0.1, -0.05) is 47.5 Å². The van der Waals surface area contributed by atoms with Gasteiger partial charge in [0, 0.05) is 17.3 Å². The van der Waals surface area contributed by atoms with Gasteiger partial charge >= 0.3 is 0 Å². The molecule has 0 radical (unpaired) electrons. The third-order valence-corrected chi connectivity index (χ3v) is 5.03. The molecule has 3 aromatic carbocycles. The maximum absolute atomic E-state index is 12.8. The van der Waals surface area contributed by atoms with Crippen molar-refractivity contribution in [2.24, 2.45) is 0 Å². The minimum absolute atomic E-state index is 0.0182. The number of hydrogen-bond acceptors (Lipinski definition) is 4. The molecule has 0 aliphatic heterocycles. The monoisotopic (exact) mass is 426 g/mol. The van der Waals surface area contributed by atoms with E-state index in [2.05, 4.69) is 5.32 Å². The molecule has 5 heteroatoms. The van der Waals surface area contributed by atoms with E-state index >= 15 is 0 Å². The number of methoxy groups -OCH3 is 1. The standard InChI is InChI=1S/C27H26N2O3/c1-18-5-8-21(9-6-18)17-32-26-15-24(31-4)11-10-22(26)14-23(16-28)27(30)29-25-12-7-19(2)13-20(25)3/h5-15H,17H2,1-4H3,(H,29,30)/b23-14+. The Kier molecular flexibility index (Phi) is 7.30. The van der Waals surface area contributed by atoms with Crippen molar-refractivity contribution in [2.45, 2.75) is 27.4 Å². The van der Waals surface area contributed by atoms with Crippen LogP contribution in [0.4, 0.5) is 5.69 Å². The average Bonchev–Trinajstić information content (AvgIpc) is 2.79. The van der Waals surface area contributed by atoms with Crippen LogP contribution in [0.25, 0.3) is 6.08 Å². The molecule has 32 heavy (non-hydrogen) atoms. The van der Waals surface area contributed by atoms with Crippen molar-refractivity contribution in [3.05, 3.63) is 94.1 Å². The van der Waals surface area contributed by atoms with E-state index in [9.17, 15) is 10.1 Å². The van der Waals surface area contributed by atoms with Crippen LogP contribution < -0.4 is 14.8 Å². The minimum Gasteiger partial charge on any atom is -0.497 e. The van der Waals surface area contributed by atoms with Crippen molar-refractivity contribution < 1.29 is 14.3 Å². The molecule has 3 rings (SSSR count). The first kappa shape index (κ1) is 22.6. The lowest BCUT2D eigenvalue weighted by Crippen LogP contribution is -2.14. The third-order valence-electron chi connectivity index (χ3n) is 5.03. The molecule has 0 unspecified atom stereocenters. The molecule has 0 bridgehead atoms. The fourth-order valence-electron chi connectivity index (χ4n) is 3.18. The molecule has 0 atom stereocenters. The van der Waals surface area contributed by atoms with Gasteiger partial charge in [0.2, 0.25) is 0 Å². The Bertz CT molecular complexity index is 1190. The maximum atomic E-state index is 12.8. The fraction of sp³-hybridized carbons (Fsp3) is 0.185. The zero-order chi connectivity index (χ0) is 23.1. The number of aryl methyl sites for hydroxylation is 3. The lowest BCUT2D eigenvalue weighted by Gasteiger charge is -2.12. The van der Waals surface area contributed by atoms with Crippen LogP contribution in [0.1, 0.15) is 27.8 Å². The van der Waals surface area contributed by atoms with Gasteiger partial charge in [-0.15, -0.1) is 0 Å². The van der Waals surface area contributed by atoms with Gasteiger partial charge in [0.15, 0.2) is 0 Å². The van der Waals surface area contributed by atoms with E-state index in [4.69, 9.17) is 9.47 Å². The number of nitriles is 1. The van der Waals surface area contributed by atoms with Crippen LogP contribution in [0.3, 0.4) is 0 Å². The molecule has 1 N–H and O–H groups in total. The summed E-state index contributed by atoms with van der Waals surface area (Å²) in [6.07, 6.45) is 1.53. The van der Waals surface area contributed by atoms with Gasteiger partial charge in [-0.2, -0.15) is 5.26 Å². The molecule has 0 spiro atoms. The molecule has 0 heterocycles. The molecule has 0 aromatic heterocycles. The number of amides is 1. The molecule has 0 aliphatic carbocycles.